The van der Waals surface area contributed by atoms with Crippen LogP contribution in [0.5, 0.6) is 0 Å². The third kappa shape index (κ3) is 2.64. The van der Waals surface area contributed by atoms with Gasteiger partial charge in [0.15, 0.2) is 0 Å². The summed E-state index contributed by atoms with van der Waals surface area (Å²) < 4.78 is 0. The van der Waals surface area contributed by atoms with Crippen molar-refractivity contribution in [2.45, 2.75) is 25.4 Å². The van der Waals surface area contributed by atoms with Crippen molar-refractivity contribution < 1.29 is 4.79 Å². The number of hydrogen-bond donors (Lipinski definition) is 1. The van der Waals surface area contributed by atoms with Gasteiger partial charge >= 0.3 is 0 Å². The van der Waals surface area contributed by atoms with Crippen LogP contribution in [0.15, 0.2) is 42.6 Å². The predicted molar refractivity (Wildman–Crippen MR) is 95.5 cm³/mol. The van der Waals surface area contributed by atoms with Gasteiger partial charge < -0.3 is 10.2 Å². The van der Waals surface area contributed by atoms with Gasteiger partial charge in [-0.25, -0.2) is 0 Å². The zero-order valence-corrected chi connectivity index (χ0v) is 14.3. The third-order valence-electron chi connectivity index (χ3n) is 5.37. The number of amides is 1. The van der Waals surface area contributed by atoms with Gasteiger partial charge in [-0.2, -0.15) is 0 Å². The topological polar surface area (TPSA) is 35.6 Å². The Balaban J connectivity index is 1.55. The third-order valence-corrected chi connectivity index (χ3v) is 5.69. The molecule has 3 heterocycles. The number of carbonyl (C=O) groups is 1. The van der Waals surface area contributed by atoms with E-state index in [-0.39, 0.29) is 17.5 Å². The van der Waals surface area contributed by atoms with E-state index in [1.165, 1.54) is 0 Å². The Morgan fingerprint density at radius 3 is 2.92 bits per heavy atom. The van der Waals surface area contributed by atoms with Crippen LogP contribution in [0.3, 0.4) is 0 Å². The summed E-state index contributed by atoms with van der Waals surface area (Å²) in [5.41, 5.74) is 0.559. The Morgan fingerprint density at radius 2 is 2.12 bits per heavy atom. The van der Waals surface area contributed by atoms with Gasteiger partial charge in [-0.15, -0.1) is 0 Å². The lowest BCUT2D eigenvalue weighted by Gasteiger charge is -2.42. The summed E-state index contributed by atoms with van der Waals surface area (Å²) in [6, 6.07) is 7.62. The summed E-state index contributed by atoms with van der Waals surface area (Å²) in [7, 11) is 0. The molecule has 0 saturated carbocycles. The molecule has 2 atom stereocenters. The van der Waals surface area contributed by atoms with Crippen LogP contribution >= 0.6 is 11.6 Å². The quantitative estimate of drug-likeness (QED) is 0.897. The molecular formula is C19H21ClN3O. The highest BCUT2D eigenvalue weighted by Crippen LogP contribution is 2.43. The molecule has 4 nitrogen and oxygen atoms in total. The molecule has 5 heteroatoms. The second-order valence-electron chi connectivity index (χ2n) is 6.79. The Morgan fingerprint density at radius 1 is 1.25 bits per heavy atom. The van der Waals surface area contributed by atoms with Crippen LogP contribution in [0, 0.1) is 11.5 Å². The average molecular weight is 343 g/mol. The van der Waals surface area contributed by atoms with E-state index in [4.69, 9.17) is 11.6 Å². The second kappa shape index (κ2) is 6.26. The van der Waals surface area contributed by atoms with E-state index in [1.54, 1.807) is 0 Å². The molecule has 24 heavy (non-hydrogen) atoms. The largest absolute Gasteiger partial charge is 0.372 e. The number of dihydropyridines is 1. The molecule has 3 aliphatic heterocycles. The average Bonchev–Trinajstić information content (AvgIpc) is 2.92. The number of likely N-dealkylation sites (tertiary alicyclic amines) is 1. The maximum Gasteiger partial charge on any atom is 0.234 e. The van der Waals surface area contributed by atoms with Gasteiger partial charge in [0.1, 0.15) is 0 Å². The first kappa shape index (κ1) is 15.7. The van der Waals surface area contributed by atoms with Crippen LogP contribution in [-0.4, -0.2) is 36.6 Å². The molecule has 1 N–H and O–H groups in total. The number of anilines is 1. The monoisotopic (exact) mass is 342 g/mol. The van der Waals surface area contributed by atoms with Crippen LogP contribution < -0.4 is 10.2 Å². The van der Waals surface area contributed by atoms with Crippen LogP contribution in [0.4, 0.5) is 5.69 Å². The first-order valence-electron chi connectivity index (χ1n) is 8.51. The van der Waals surface area contributed by atoms with Crippen molar-refractivity contribution in [1.29, 1.82) is 0 Å². The highest BCUT2D eigenvalue weighted by molar-refractivity contribution is 6.34. The fraction of sp³-hybridized carbons (Fsp3) is 0.421. The molecule has 1 amide bonds. The standard InChI is InChI=1S/C19H21ClN3O/c20-15-6-1-2-7-16(15)23-13-10-19(18(23)24)9-5-12-22(14-19)17-8-3-4-11-21-17/h1-3,6-8,11,17,21H,5,9-10,12-14H2/t17?,19-/m1/s1. The smallest absolute Gasteiger partial charge is 0.234 e. The number of nitrogens with zero attached hydrogens (tertiary/aromatic N) is 2. The Hall–Kier alpha value is -1.78. The molecular weight excluding hydrogens is 322 g/mol. The van der Waals surface area contributed by atoms with Gasteiger partial charge in [-0.3, -0.25) is 9.69 Å². The molecule has 1 aromatic carbocycles. The second-order valence-corrected chi connectivity index (χ2v) is 7.20. The van der Waals surface area contributed by atoms with Crippen molar-refractivity contribution in [2.75, 3.05) is 24.5 Å². The Bertz CT molecular complexity index is 702. The molecule has 1 unspecified atom stereocenters. The van der Waals surface area contributed by atoms with Crippen molar-refractivity contribution in [3.05, 3.63) is 53.7 Å². The molecule has 1 aromatic rings. The lowest BCUT2D eigenvalue weighted by atomic mass is 9.78. The van der Waals surface area contributed by atoms with Crippen LogP contribution in [0.2, 0.25) is 5.02 Å². The molecule has 2 fully saturated rings. The van der Waals surface area contributed by atoms with Crippen LogP contribution in [-0.2, 0) is 4.79 Å². The number of allylic oxidation sites excluding steroid dienone is 2. The SMILES string of the molecule is O=C1N(c2ccccc2Cl)CC[C@@]12CCCN(C1C=C[C]=CN1)C2. The molecule has 0 bridgehead atoms. The summed E-state index contributed by atoms with van der Waals surface area (Å²) in [5, 5.41) is 3.97. The maximum atomic E-state index is 13.2. The molecule has 0 aromatic heterocycles. The summed E-state index contributed by atoms with van der Waals surface area (Å²) in [5.74, 6) is 0.224. The number of carbonyl (C=O) groups excluding carboxylic acids is 1. The minimum Gasteiger partial charge on any atom is -0.372 e. The first-order valence-corrected chi connectivity index (χ1v) is 8.88. The van der Waals surface area contributed by atoms with Gasteiger partial charge in [-0.1, -0.05) is 29.8 Å². The fourth-order valence-corrected chi connectivity index (χ4v) is 4.35. The molecule has 1 spiro atoms. The van der Waals surface area contributed by atoms with E-state index in [0.717, 1.165) is 44.6 Å². The number of piperidine rings is 1. The fourth-order valence-electron chi connectivity index (χ4n) is 4.12. The summed E-state index contributed by atoms with van der Waals surface area (Å²) in [6.45, 7) is 2.55. The van der Waals surface area contributed by atoms with E-state index >= 15 is 0 Å². The van der Waals surface area contributed by atoms with E-state index in [9.17, 15) is 4.79 Å². The molecule has 2 saturated heterocycles. The minimum absolute atomic E-state index is 0.158. The van der Waals surface area contributed by atoms with Crippen molar-refractivity contribution in [1.82, 2.24) is 10.2 Å². The van der Waals surface area contributed by atoms with Gasteiger partial charge in [0.2, 0.25) is 5.91 Å². The van der Waals surface area contributed by atoms with E-state index in [0.29, 0.717) is 5.02 Å². The highest BCUT2D eigenvalue weighted by atomic mass is 35.5. The molecule has 1 radical (unpaired) electrons. The van der Waals surface area contributed by atoms with Gasteiger partial charge in [0.25, 0.3) is 0 Å². The van der Waals surface area contributed by atoms with Crippen molar-refractivity contribution in [3.63, 3.8) is 0 Å². The van der Waals surface area contributed by atoms with Gasteiger partial charge in [0, 0.05) is 25.8 Å². The number of rotatable bonds is 2. The lowest BCUT2D eigenvalue weighted by molar-refractivity contribution is -0.128. The van der Waals surface area contributed by atoms with Gasteiger partial charge in [0.05, 0.1) is 22.3 Å². The molecule has 4 rings (SSSR count). The predicted octanol–water partition coefficient (Wildman–Crippen LogP) is 2.96. The normalized spacial score (nSPS) is 30.1. The number of halogens is 1. The summed E-state index contributed by atoms with van der Waals surface area (Å²) >= 11 is 6.31. The van der Waals surface area contributed by atoms with Crippen LogP contribution in [0.25, 0.3) is 0 Å². The van der Waals surface area contributed by atoms with E-state index in [2.05, 4.69) is 22.4 Å². The molecule has 0 aliphatic carbocycles. The zero-order valence-electron chi connectivity index (χ0n) is 13.5. The Kier molecular flexibility index (Phi) is 4.10. The maximum absolute atomic E-state index is 13.2. The molecule has 125 valence electrons. The van der Waals surface area contributed by atoms with E-state index < -0.39 is 0 Å². The van der Waals surface area contributed by atoms with Gasteiger partial charge in [-0.05, 0) is 43.5 Å². The van der Waals surface area contributed by atoms with Crippen LogP contribution in [0.1, 0.15) is 19.3 Å². The Labute approximate surface area is 147 Å². The number of nitrogens with one attached hydrogen (secondary N) is 1. The zero-order chi connectivity index (χ0) is 16.6. The summed E-state index contributed by atoms with van der Waals surface area (Å²) in [6.07, 6.45) is 12.0. The highest BCUT2D eigenvalue weighted by Gasteiger charge is 2.50. The molecule has 3 aliphatic rings. The van der Waals surface area contributed by atoms with E-state index in [1.807, 2.05) is 41.4 Å². The first-order chi connectivity index (χ1) is 11.7. The number of para-hydroxylation sites is 1. The lowest BCUT2D eigenvalue weighted by Crippen LogP contribution is -2.54. The van der Waals surface area contributed by atoms with Crippen molar-refractivity contribution >= 4 is 23.2 Å². The van der Waals surface area contributed by atoms with Crippen molar-refractivity contribution in [2.24, 2.45) is 5.41 Å². The minimum atomic E-state index is -0.280. The van der Waals surface area contributed by atoms with Crippen molar-refractivity contribution in [3.8, 4) is 0 Å². The number of benzene rings is 1. The summed E-state index contributed by atoms with van der Waals surface area (Å²) in [4.78, 5) is 17.5. The number of hydrogen-bond acceptors (Lipinski definition) is 3.